The van der Waals surface area contributed by atoms with Gasteiger partial charge in [-0.25, -0.2) is 0 Å². The van der Waals surface area contributed by atoms with Gasteiger partial charge in [0, 0.05) is 34.0 Å². The fourth-order valence-electron chi connectivity index (χ4n) is 4.19. The monoisotopic (exact) mass is 389 g/mol. The molecule has 5 atom stereocenters. The second kappa shape index (κ2) is 7.74. The van der Waals surface area contributed by atoms with Crippen molar-refractivity contribution in [3.8, 4) is 0 Å². The van der Waals surface area contributed by atoms with Gasteiger partial charge in [-0.3, -0.25) is 0 Å². The van der Waals surface area contributed by atoms with Crippen LogP contribution in [0.5, 0.6) is 0 Å². The molecule has 0 saturated carbocycles. The minimum atomic E-state index is -0.860. The van der Waals surface area contributed by atoms with Crippen molar-refractivity contribution in [3.05, 3.63) is 82.4 Å². The number of rotatable bonds is 4. The summed E-state index contributed by atoms with van der Waals surface area (Å²) in [6.07, 6.45) is 2.36. The second-order valence-electron chi connectivity index (χ2n) is 7.29. The fraction of sp³-hybridized carbons (Fsp3) is 0.364. The highest BCUT2D eigenvalue weighted by molar-refractivity contribution is 6.30. The first-order chi connectivity index (χ1) is 12.4. The van der Waals surface area contributed by atoms with Crippen molar-refractivity contribution in [1.29, 1.82) is 0 Å². The Hall–Kier alpha value is -1.32. The maximum atomic E-state index is 11.6. The van der Waals surface area contributed by atoms with Crippen LogP contribution in [-0.2, 0) is 0 Å². The van der Waals surface area contributed by atoms with E-state index in [0.29, 0.717) is 16.5 Å². The van der Waals surface area contributed by atoms with E-state index < -0.39 is 5.60 Å². The zero-order valence-corrected chi connectivity index (χ0v) is 16.6. The summed E-state index contributed by atoms with van der Waals surface area (Å²) in [5, 5.41) is 16.8. The zero-order chi connectivity index (χ0) is 18.9. The van der Waals surface area contributed by atoms with Gasteiger partial charge in [0.15, 0.2) is 0 Å². The van der Waals surface area contributed by atoms with Gasteiger partial charge in [0.1, 0.15) is 0 Å². The van der Waals surface area contributed by atoms with E-state index in [1.54, 1.807) is 0 Å². The van der Waals surface area contributed by atoms with E-state index in [-0.39, 0.29) is 23.9 Å². The number of piperidine rings is 1. The van der Waals surface area contributed by atoms with Crippen LogP contribution < -0.4 is 5.32 Å². The van der Waals surface area contributed by atoms with Crippen LogP contribution in [0.3, 0.4) is 0 Å². The quantitative estimate of drug-likeness (QED) is 0.632. The Morgan fingerprint density at radius 3 is 1.65 bits per heavy atom. The van der Waals surface area contributed by atoms with E-state index in [9.17, 15) is 5.11 Å². The molecule has 0 spiro atoms. The Bertz CT molecular complexity index is 699. The average molecular weight is 390 g/mol. The number of aliphatic hydroxyl groups is 1. The third-order valence-corrected chi connectivity index (χ3v) is 6.37. The van der Waals surface area contributed by atoms with Crippen LogP contribution in [0.25, 0.3) is 0 Å². The molecule has 26 heavy (non-hydrogen) atoms. The van der Waals surface area contributed by atoms with E-state index >= 15 is 0 Å². The standard InChI is InChI=1S/C22H25Cl2NO/c1-4-13-22(26)14(2)20(16-5-9-18(23)10-6-16)25-21(15(22)3)17-7-11-19(24)12-8-17/h4-12,14-15,20-21,25-26H,1,13H2,2-3H3/t14-,15+,20-,21-,22?/m1/s1. The molecule has 1 heterocycles. The van der Waals surface area contributed by atoms with Crippen LogP contribution in [-0.4, -0.2) is 10.7 Å². The Balaban J connectivity index is 2.03. The number of hydrogen-bond acceptors (Lipinski definition) is 2. The zero-order valence-electron chi connectivity index (χ0n) is 15.1. The summed E-state index contributed by atoms with van der Waals surface area (Å²) in [6.45, 7) is 8.08. The van der Waals surface area contributed by atoms with E-state index in [1.165, 1.54) is 0 Å². The van der Waals surface area contributed by atoms with Crippen molar-refractivity contribution in [2.75, 3.05) is 0 Å². The minimum absolute atomic E-state index is 0.00842. The lowest BCUT2D eigenvalue weighted by atomic mass is 9.65. The summed E-state index contributed by atoms with van der Waals surface area (Å²) in [7, 11) is 0. The fourth-order valence-corrected chi connectivity index (χ4v) is 4.44. The van der Waals surface area contributed by atoms with Gasteiger partial charge in [-0.05, 0) is 41.8 Å². The van der Waals surface area contributed by atoms with E-state index in [0.717, 1.165) is 11.1 Å². The van der Waals surface area contributed by atoms with Crippen molar-refractivity contribution in [1.82, 2.24) is 5.32 Å². The second-order valence-corrected chi connectivity index (χ2v) is 8.16. The van der Waals surface area contributed by atoms with Crippen LogP contribution in [0, 0.1) is 11.8 Å². The van der Waals surface area contributed by atoms with Gasteiger partial charge in [-0.1, -0.05) is 67.4 Å². The number of halogens is 2. The lowest BCUT2D eigenvalue weighted by molar-refractivity contribution is -0.108. The molecule has 0 aliphatic carbocycles. The molecule has 0 amide bonds. The lowest BCUT2D eigenvalue weighted by Crippen LogP contribution is -2.57. The van der Waals surface area contributed by atoms with Gasteiger partial charge in [0.2, 0.25) is 0 Å². The molecule has 3 rings (SSSR count). The molecule has 2 aromatic rings. The molecule has 4 heteroatoms. The molecular formula is C22H25Cl2NO. The van der Waals surface area contributed by atoms with Crippen molar-refractivity contribution in [3.63, 3.8) is 0 Å². The van der Waals surface area contributed by atoms with E-state index in [1.807, 2.05) is 54.6 Å². The molecule has 2 N–H and O–H groups in total. The first-order valence-electron chi connectivity index (χ1n) is 8.97. The van der Waals surface area contributed by atoms with Crippen molar-refractivity contribution >= 4 is 23.2 Å². The van der Waals surface area contributed by atoms with Gasteiger partial charge in [-0.15, -0.1) is 6.58 Å². The van der Waals surface area contributed by atoms with Crippen LogP contribution >= 0.6 is 23.2 Å². The molecule has 1 saturated heterocycles. The first kappa shape index (κ1) is 19.4. The predicted octanol–water partition coefficient (Wildman–Crippen LogP) is 5.96. The molecule has 138 valence electrons. The van der Waals surface area contributed by atoms with Gasteiger partial charge in [0.05, 0.1) is 5.60 Å². The van der Waals surface area contributed by atoms with Crippen molar-refractivity contribution in [2.45, 2.75) is 38.0 Å². The topological polar surface area (TPSA) is 32.3 Å². The molecule has 2 nitrogen and oxygen atoms in total. The molecule has 1 aliphatic rings. The van der Waals surface area contributed by atoms with Gasteiger partial charge in [-0.2, -0.15) is 0 Å². The Labute approximate surface area is 165 Å². The Kier molecular flexibility index (Phi) is 5.78. The molecule has 1 aliphatic heterocycles. The highest BCUT2D eigenvalue weighted by Gasteiger charge is 2.50. The third-order valence-electron chi connectivity index (χ3n) is 5.87. The van der Waals surface area contributed by atoms with E-state index in [4.69, 9.17) is 23.2 Å². The van der Waals surface area contributed by atoms with Gasteiger partial charge < -0.3 is 10.4 Å². The predicted molar refractivity (Wildman–Crippen MR) is 110 cm³/mol. The van der Waals surface area contributed by atoms with Gasteiger partial charge >= 0.3 is 0 Å². The molecule has 0 radical (unpaired) electrons. The van der Waals surface area contributed by atoms with Crippen molar-refractivity contribution < 1.29 is 5.11 Å². The van der Waals surface area contributed by atoms with Crippen LogP contribution in [0.15, 0.2) is 61.2 Å². The summed E-state index contributed by atoms with van der Waals surface area (Å²) in [4.78, 5) is 0. The van der Waals surface area contributed by atoms with Gasteiger partial charge in [0.25, 0.3) is 0 Å². The van der Waals surface area contributed by atoms with Crippen molar-refractivity contribution in [2.24, 2.45) is 11.8 Å². The Morgan fingerprint density at radius 1 is 0.923 bits per heavy atom. The molecule has 1 unspecified atom stereocenters. The summed E-state index contributed by atoms with van der Waals surface area (Å²) >= 11 is 12.1. The van der Waals surface area contributed by atoms with E-state index in [2.05, 4.69) is 25.7 Å². The van der Waals surface area contributed by atoms with Crippen LogP contribution in [0.2, 0.25) is 10.0 Å². The van der Waals surface area contributed by atoms with Crippen LogP contribution in [0.4, 0.5) is 0 Å². The highest BCUT2D eigenvalue weighted by atomic mass is 35.5. The summed E-state index contributed by atoms with van der Waals surface area (Å²) in [5.74, 6) is 0.0282. The summed E-state index contributed by atoms with van der Waals surface area (Å²) in [6, 6.07) is 15.7. The minimum Gasteiger partial charge on any atom is -0.389 e. The summed E-state index contributed by atoms with van der Waals surface area (Å²) < 4.78 is 0. The largest absolute Gasteiger partial charge is 0.389 e. The maximum Gasteiger partial charge on any atom is 0.0768 e. The Morgan fingerprint density at radius 2 is 1.31 bits per heavy atom. The first-order valence-corrected chi connectivity index (χ1v) is 9.72. The summed E-state index contributed by atoms with van der Waals surface area (Å²) in [5.41, 5.74) is 1.38. The average Bonchev–Trinajstić information content (AvgIpc) is 2.63. The molecule has 0 aromatic heterocycles. The normalized spacial score (nSPS) is 31.6. The number of nitrogens with one attached hydrogen (secondary N) is 1. The smallest absolute Gasteiger partial charge is 0.0768 e. The lowest BCUT2D eigenvalue weighted by Gasteiger charge is -2.52. The van der Waals surface area contributed by atoms with Crippen LogP contribution in [0.1, 0.15) is 43.5 Å². The molecule has 1 fully saturated rings. The third kappa shape index (κ3) is 3.57. The maximum absolute atomic E-state index is 11.6. The number of hydrogen-bond donors (Lipinski definition) is 2. The number of benzene rings is 2. The highest BCUT2D eigenvalue weighted by Crippen LogP contribution is 2.48. The SMILES string of the molecule is C=CCC1(O)[C@H](C)[C@H](c2ccc(Cl)cc2)N[C@@H](c2ccc(Cl)cc2)[C@@H]1C. The molecule has 2 aromatic carbocycles. The molecule has 0 bridgehead atoms. The molecular weight excluding hydrogens is 365 g/mol.